The van der Waals surface area contributed by atoms with E-state index in [0.717, 1.165) is 22.6 Å². The zero-order valence-electron chi connectivity index (χ0n) is 13.6. The second kappa shape index (κ2) is 8.88. The van der Waals surface area contributed by atoms with Crippen molar-refractivity contribution in [2.75, 3.05) is 5.32 Å². The van der Waals surface area contributed by atoms with Gasteiger partial charge in [0, 0.05) is 32.7 Å². The van der Waals surface area contributed by atoms with E-state index in [2.05, 4.69) is 5.32 Å². The first-order valence-electron chi connectivity index (χ1n) is 7.86. The minimum atomic E-state index is 0.330. The molecule has 3 aromatic carbocycles. The van der Waals surface area contributed by atoms with Crippen LogP contribution in [-0.2, 0) is 13.2 Å². The molecule has 0 aromatic heterocycles. The predicted molar refractivity (Wildman–Crippen MR) is 111 cm³/mol. The summed E-state index contributed by atoms with van der Waals surface area (Å²) in [7, 11) is 0. The largest absolute Gasteiger partial charge is 0.488 e. The molecule has 0 fully saturated rings. The third-order valence-corrected chi connectivity index (χ3v) is 4.92. The fourth-order valence-electron chi connectivity index (χ4n) is 2.42. The lowest BCUT2D eigenvalue weighted by atomic mass is 10.2. The average molecular weight is 427 g/mol. The molecule has 2 nitrogen and oxygen atoms in total. The van der Waals surface area contributed by atoms with Gasteiger partial charge in [0.05, 0.1) is 10.7 Å². The molecule has 0 aliphatic heterocycles. The quantitative estimate of drug-likeness (QED) is 0.440. The van der Waals surface area contributed by atoms with E-state index in [4.69, 9.17) is 51.1 Å². The first-order chi connectivity index (χ1) is 12.5. The summed E-state index contributed by atoms with van der Waals surface area (Å²) in [6.07, 6.45) is 0. The van der Waals surface area contributed by atoms with Gasteiger partial charge in [-0.3, -0.25) is 0 Å². The average Bonchev–Trinajstić information content (AvgIpc) is 2.61. The molecule has 0 aliphatic carbocycles. The van der Waals surface area contributed by atoms with Crippen LogP contribution >= 0.6 is 46.4 Å². The van der Waals surface area contributed by atoms with Crippen molar-refractivity contribution < 1.29 is 4.74 Å². The van der Waals surface area contributed by atoms with Gasteiger partial charge in [-0.05, 0) is 42.5 Å². The summed E-state index contributed by atoms with van der Waals surface area (Å²) < 4.78 is 5.96. The van der Waals surface area contributed by atoms with Crippen LogP contribution in [0.5, 0.6) is 5.75 Å². The standard InChI is InChI=1S/C20H15Cl4NO/c21-15-7-8-20(26-12-13-5-6-16(22)10-18(13)24)14(9-15)11-25-19-4-2-1-3-17(19)23/h1-10,25H,11-12H2. The van der Waals surface area contributed by atoms with Gasteiger partial charge >= 0.3 is 0 Å². The molecule has 134 valence electrons. The van der Waals surface area contributed by atoms with Crippen molar-refractivity contribution in [3.8, 4) is 5.75 Å². The van der Waals surface area contributed by atoms with Crippen LogP contribution in [0.4, 0.5) is 5.69 Å². The second-order valence-corrected chi connectivity index (χ2v) is 7.30. The van der Waals surface area contributed by atoms with E-state index in [0.29, 0.717) is 33.2 Å². The Morgan fingerprint density at radius 1 is 0.731 bits per heavy atom. The third-order valence-electron chi connectivity index (χ3n) is 3.76. The maximum Gasteiger partial charge on any atom is 0.124 e. The van der Waals surface area contributed by atoms with Gasteiger partial charge in [-0.15, -0.1) is 0 Å². The molecule has 0 unspecified atom stereocenters. The van der Waals surface area contributed by atoms with Crippen LogP contribution in [0.1, 0.15) is 11.1 Å². The number of nitrogens with one attached hydrogen (secondary N) is 1. The maximum atomic E-state index is 6.21. The SMILES string of the molecule is Clc1ccc(COc2ccc(Cl)cc2CNc2ccccc2Cl)c(Cl)c1. The van der Waals surface area contributed by atoms with Gasteiger partial charge in [0.25, 0.3) is 0 Å². The lowest BCUT2D eigenvalue weighted by Crippen LogP contribution is -2.04. The summed E-state index contributed by atoms with van der Waals surface area (Å²) >= 11 is 24.5. The molecule has 0 aliphatic rings. The highest BCUT2D eigenvalue weighted by Crippen LogP contribution is 2.28. The van der Waals surface area contributed by atoms with Crippen LogP contribution in [0.15, 0.2) is 60.7 Å². The van der Waals surface area contributed by atoms with Crippen molar-refractivity contribution in [3.05, 3.63) is 91.9 Å². The van der Waals surface area contributed by atoms with Crippen molar-refractivity contribution in [2.45, 2.75) is 13.2 Å². The third kappa shape index (κ3) is 4.99. The van der Waals surface area contributed by atoms with Crippen LogP contribution in [-0.4, -0.2) is 0 Å². The monoisotopic (exact) mass is 425 g/mol. The molecule has 0 amide bonds. The summed E-state index contributed by atoms with van der Waals surface area (Å²) in [5.41, 5.74) is 2.62. The Kier molecular flexibility index (Phi) is 6.55. The topological polar surface area (TPSA) is 21.3 Å². The Morgan fingerprint density at radius 3 is 2.23 bits per heavy atom. The molecule has 26 heavy (non-hydrogen) atoms. The van der Waals surface area contributed by atoms with E-state index in [1.54, 1.807) is 18.2 Å². The minimum Gasteiger partial charge on any atom is -0.488 e. The van der Waals surface area contributed by atoms with Gasteiger partial charge in [0.2, 0.25) is 0 Å². The Bertz CT molecular complexity index is 914. The molecule has 0 bridgehead atoms. The van der Waals surface area contributed by atoms with Crippen molar-refractivity contribution in [2.24, 2.45) is 0 Å². The number of hydrogen-bond acceptors (Lipinski definition) is 2. The van der Waals surface area contributed by atoms with Crippen LogP contribution in [0.2, 0.25) is 20.1 Å². The van der Waals surface area contributed by atoms with Gasteiger partial charge in [0.15, 0.2) is 0 Å². The number of rotatable bonds is 6. The van der Waals surface area contributed by atoms with E-state index < -0.39 is 0 Å². The number of hydrogen-bond donors (Lipinski definition) is 1. The molecule has 0 atom stereocenters. The van der Waals surface area contributed by atoms with Crippen molar-refractivity contribution in [1.82, 2.24) is 0 Å². The molecular formula is C20H15Cl4NO. The highest BCUT2D eigenvalue weighted by molar-refractivity contribution is 6.35. The van der Waals surface area contributed by atoms with Gasteiger partial charge < -0.3 is 10.1 Å². The molecule has 0 saturated heterocycles. The fraction of sp³-hybridized carbons (Fsp3) is 0.100. The zero-order valence-corrected chi connectivity index (χ0v) is 16.6. The molecule has 1 N–H and O–H groups in total. The highest BCUT2D eigenvalue weighted by Gasteiger charge is 2.08. The Morgan fingerprint density at radius 2 is 1.46 bits per heavy atom. The number of anilines is 1. The summed E-state index contributed by atoms with van der Waals surface area (Å²) in [5.74, 6) is 0.722. The summed E-state index contributed by atoms with van der Waals surface area (Å²) in [6.45, 7) is 0.852. The van der Waals surface area contributed by atoms with Gasteiger partial charge in [-0.25, -0.2) is 0 Å². The molecule has 3 rings (SSSR count). The maximum absolute atomic E-state index is 6.21. The summed E-state index contributed by atoms with van der Waals surface area (Å²) in [6, 6.07) is 18.4. The molecule has 0 heterocycles. The van der Waals surface area contributed by atoms with Gasteiger partial charge in [0.1, 0.15) is 12.4 Å². The van der Waals surface area contributed by atoms with Crippen LogP contribution in [0, 0.1) is 0 Å². The van der Waals surface area contributed by atoms with E-state index in [9.17, 15) is 0 Å². The Balaban J connectivity index is 1.74. The van der Waals surface area contributed by atoms with Crippen LogP contribution in [0.3, 0.4) is 0 Å². The summed E-state index contributed by atoms with van der Waals surface area (Å²) in [4.78, 5) is 0. The van der Waals surface area contributed by atoms with E-state index in [1.807, 2.05) is 42.5 Å². The number of halogens is 4. The Labute approximate surface area is 172 Å². The number of benzene rings is 3. The van der Waals surface area contributed by atoms with Gasteiger partial charge in [-0.1, -0.05) is 64.6 Å². The molecular weight excluding hydrogens is 412 g/mol. The smallest absolute Gasteiger partial charge is 0.124 e. The Hall–Kier alpha value is -1.58. The number of ether oxygens (including phenoxy) is 1. The first kappa shape index (κ1) is 19.2. The minimum absolute atomic E-state index is 0.330. The predicted octanol–water partition coefficient (Wildman–Crippen LogP) is 7.49. The number of para-hydroxylation sites is 1. The molecule has 0 spiro atoms. The van der Waals surface area contributed by atoms with Crippen LogP contribution in [0.25, 0.3) is 0 Å². The lowest BCUT2D eigenvalue weighted by molar-refractivity contribution is 0.303. The van der Waals surface area contributed by atoms with E-state index in [1.165, 1.54) is 0 Å². The van der Waals surface area contributed by atoms with Gasteiger partial charge in [-0.2, -0.15) is 0 Å². The molecule has 6 heteroatoms. The van der Waals surface area contributed by atoms with Crippen molar-refractivity contribution in [1.29, 1.82) is 0 Å². The lowest BCUT2D eigenvalue weighted by Gasteiger charge is -2.14. The van der Waals surface area contributed by atoms with Crippen molar-refractivity contribution >= 4 is 52.1 Å². The fourth-order valence-corrected chi connectivity index (χ4v) is 3.28. The summed E-state index contributed by atoms with van der Waals surface area (Å²) in [5, 5.41) is 5.76. The molecule has 0 radical (unpaired) electrons. The highest BCUT2D eigenvalue weighted by atomic mass is 35.5. The van der Waals surface area contributed by atoms with Crippen molar-refractivity contribution in [3.63, 3.8) is 0 Å². The van der Waals surface area contributed by atoms with E-state index >= 15 is 0 Å². The van der Waals surface area contributed by atoms with Crippen LogP contribution < -0.4 is 10.1 Å². The molecule has 0 saturated carbocycles. The second-order valence-electron chi connectivity index (χ2n) is 5.61. The normalized spacial score (nSPS) is 10.6. The van der Waals surface area contributed by atoms with E-state index in [-0.39, 0.29) is 0 Å². The first-order valence-corrected chi connectivity index (χ1v) is 9.37. The molecule has 3 aromatic rings. The zero-order chi connectivity index (χ0) is 18.5.